The average molecular weight is 1270 g/mol. The first-order valence-corrected chi connectivity index (χ1v) is 39.8. The van der Waals surface area contributed by atoms with Crippen molar-refractivity contribution in [2.24, 2.45) is 0 Å². The SMILES string of the molecule is CC/C=C\C/C=C\C/C=C\C/C=C\CCCCCCCCCCCCCCCCCCCCCCCCCCCCCCC(=O)NC(COC1OC(CO)C(O)C(O)C1O)C(O)CCCCCCCCCCCCCCCCCCCCCCCCCCCC. The summed E-state index contributed by atoms with van der Waals surface area (Å²) < 4.78 is 11.4. The molecule has 1 fully saturated rings. The Balaban J connectivity index is 2.02. The molecule has 90 heavy (non-hydrogen) atoms. The van der Waals surface area contributed by atoms with Crippen molar-refractivity contribution in [2.75, 3.05) is 13.2 Å². The number of ether oxygens (including phenoxy) is 2. The molecule has 0 aromatic carbocycles. The molecule has 6 N–H and O–H groups in total. The van der Waals surface area contributed by atoms with Gasteiger partial charge in [-0.2, -0.15) is 0 Å². The normalized spacial score (nSPS) is 18.0. The van der Waals surface area contributed by atoms with Gasteiger partial charge in [-0.05, 0) is 51.4 Å². The minimum atomic E-state index is -1.55. The van der Waals surface area contributed by atoms with Crippen LogP contribution in [0.1, 0.15) is 406 Å². The Bertz CT molecular complexity index is 1570. The monoisotopic (exact) mass is 1270 g/mol. The number of aliphatic hydroxyl groups excluding tert-OH is 5. The van der Waals surface area contributed by atoms with E-state index in [4.69, 9.17) is 9.47 Å². The number of hydrogen-bond acceptors (Lipinski definition) is 8. The lowest BCUT2D eigenvalue weighted by Crippen LogP contribution is -2.60. The first-order chi connectivity index (χ1) is 44.3. The average Bonchev–Trinajstić information content (AvgIpc) is 1.28. The minimum absolute atomic E-state index is 0.133. The van der Waals surface area contributed by atoms with Gasteiger partial charge in [-0.1, -0.05) is 396 Å². The number of amides is 1. The lowest BCUT2D eigenvalue weighted by atomic mass is 9.99. The summed E-state index contributed by atoms with van der Waals surface area (Å²) in [5.74, 6) is -0.134. The van der Waals surface area contributed by atoms with Crippen LogP contribution in [-0.4, -0.2) is 87.5 Å². The van der Waals surface area contributed by atoms with Gasteiger partial charge in [-0.15, -0.1) is 0 Å². The highest BCUT2D eigenvalue weighted by Gasteiger charge is 2.44. The highest BCUT2D eigenvalue weighted by atomic mass is 16.7. The lowest BCUT2D eigenvalue weighted by molar-refractivity contribution is -0.302. The molecule has 530 valence electrons. The molecular formula is C81H153NO8. The van der Waals surface area contributed by atoms with Gasteiger partial charge in [0.1, 0.15) is 24.4 Å². The van der Waals surface area contributed by atoms with Crippen LogP contribution in [0.2, 0.25) is 0 Å². The van der Waals surface area contributed by atoms with E-state index in [-0.39, 0.29) is 12.5 Å². The molecule has 0 radical (unpaired) electrons. The van der Waals surface area contributed by atoms with E-state index in [0.29, 0.717) is 12.8 Å². The zero-order chi connectivity index (χ0) is 64.9. The molecule has 7 atom stereocenters. The van der Waals surface area contributed by atoms with Crippen LogP contribution in [0.5, 0.6) is 0 Å². The Morgan fingerprint density at radius 3 is 1.02 bits per heavy atom. The Morgan fingerprint density at radius 2 is 0.689 bits per heavy atom. The van der Waals surface area contributed by atoms with Gasteiger partial charge >= 0.3 is 0 Å². The molecule has 1 saturated heterocycles. The van der Waals surface area contributed by atoms with Crippen LogP contribution < -0.4 is 5.32 Å². The molecule has 1 aliphatic heterocycles. The fraction of sp³-hybridized carbons (Fsp3) is 0.889. The summed E-state index contributed by atoms with van der Waals surface area (Å²) in [6, 6.07) is -0.719. The second kappa shape index (κ2) is 70.0. The van der Waals surface area contributed by atoms with Crippen LogP contribution in [0.15, 0.2) is 48.6 Å². The molecule has 0 bridgehead atoms. The van der Waals surface area contributed by atoms with Crippen LogP contribution in [0.25, 0.3) is 0 Å². The van der Waals surface area contributed by atoms with Gasteiger partial charge in [0.2, 0.25) is 5.91 Å². The molecule has 1 rings (SSSR count). The van der Waals surface area contributed by atoms with E-state index < -0.39 is 49.5 Å². The van der Waals surface area contributed by atoms with Crippen molar-refractivity contribution in [3.05, 3.63) is 48.6 Å². The smallest absolute Gasteiger partial charge is 0.220 e. The predicted octanol–water partition coefficient (Wildman–Crippen LogP) is 22.7. The number of hydrogen-bond donors (Lipinski definition) is 6. The third-order valence-electron chi connectivity index (χ3n) is 19.2. The van der Waals surface area contributed by atoms with Gasteiger partial charge in [0.25, 0.3) is 0 Å². The van der Waals surface area contributed by atoms with Gasteiger partial charge in [0, 0.05) is 6.42 Å². The quantitative estimate of drug-likeness (QED) is 0.0261. The molecular weight excluding hydrogens is 1110 g/mol. The number of allylic oxidation sites excluding steroid dienone is 8. The summed E-state index contributed by atoms with van der Waals surface area (Å²) in [7, 11) is 0. The molecule has 9 heteroatoms. The summed E-state index contributed by atoms with van der Waals surface area (Å²) in [4.78, 5) is 13.2. The van der Waals surface area contributed by atoms with Gasteiger partial charge in [-0.3, -0.25) is 4.79 Å². The van der Waals surface area contributed by atoms with Crippen LogP contribution in [0, 0.1) is 0 Å². The topological polar surface area (TPSA) is 149 Å². The molecule has 1 amide bonds. The fourth-order valence-corrected chi connectivity index (χ4v) is 13.0. The molecule has 0 aliphatic carbocycles. The van der Waals surface area contributed by atoms with Crippen molar-refractivity contribution in [1.29, 1.82) is 0 Å². The van der Waals surface area contributed by atoms with Gasteiger partial charge in [0.15, 0.2) is 6.29 Å². The molecule has 1 aliphatic rings. The van der Waals surface area contributed by atoms with Gasteiger partial charge in [-0.25, -0.2) is 0 Å². The third-order valence-corrected chi connectivity index (χ3v) is 19.2. The number of carbonyl (C=O) groups excluding carboxylic acids is 1. The number of carbonyl (C=O) groups is 1. The van der Waals surface area contributed by atoms with E-state index >= 15 is 0 Å². The van der Waals surface area contributed by atoms with Crippen LogP contribution in [0.4, 0.5) is 0 Å². The molecule has 0 aromatic heterocycles. The second-order valence-corrected chi connectivity index (χ2v) is 27.8. The highest BCUT2D eigenvalue weighted by molar-refractivity contribution is 5.76. The Kier molecular flexibility index (Phi) is 67.0. The van der Waals surface area contributed by atoms with Gasteiger partial charge < -0.3 is 40.3 Å². The number of rotatable bonds is 71. The highest BCUT2D eigenvalue weighted by Crippen LogP contribution is 2.24. The summed E-state index contributed by atoms with van der Waals surface area (Å²) in [6.45, 7) is 3.79. The first-order valence-electron chi connectivity index (χ1n) is 39.8. The van der Waals surface area contributed by atoms with Crippen LogP contribution in [0.3, 0.4) is 0 Å². The maximum atomic E-state index is 13.2. The van der Waals surface area contributed by atoms with Crippen LogP contribution in [-0.2, 0) is 14.3 Å². The van der Waals surface area contributed by atoms with Crippen LogP contribution >= 0.6 is 0 Å². The Morgan fingerprint density at radius 1 is 0.389 bits per heavy atom. The zero-order valence-corrected chi connectivity index (χ0v) is 59.7. The fourth-order valence-electron chi connectivity index (χ4n) is 13.0. The first kappa shape index (κ1) is 86.2. The minimum Gasteiger partial charge on any atom is -0.394 e. The standard InChI is InChI=1S/C81H153NO8/c1-3-5-7-9-11-13-15-17-19-21-23-25-27-29-31-32-33-34-35-36-37-38-39-40-41-42-43-44-45-47-49-51-53-55-57-59-61-63-65-67-69-71-77(85)82-74(73-89-81-80(88)79(87)78(86)76(72-83)90-81)75(84)70-68-66-64-62-60-58-56-54-52-50-48-46-30-28-26-24-22-20-18-16-14-12-10-8-6-4-2/h5,7,11,13,17,19,23,25,74-76,78-81,83-84,86-88H,3-4,6,8-10,12,14-16,18,20-22,24,26-73H2,1-2H3,(H,82,85)/b7-5-,13-11-,19-17-,25-23-. The summed E-state index contributed by atoms with van der Waals surface area (Å²) in [5.41, 5.74) is 0. The molecule has 1 heterocycles. The molecule has 0 spiro atoms. The second-order valence-electron chi connectivity index (χ2n) is 27.8. The molecule has 0 saturated carbocycles. The van der Waals surface area contributed by atoms with E-state index in [1.807, 2.05) is 0 Å². The van der Waals surface area contributed by atoms with Crippen molar-refractivity contribution in [1.82, 2.24) is 5.32 Å². The Hall–Kier alpha value is -1.85. The van der Waals surface area contributed by atoms with E-state index in [1.165, 1.54) is 315 Å². The lowest BCUT2D eigenvalue weighted by Gasteiger charge is -2.40. The van der Waals surface area contributed by atoms with E-state index in [9.17, 15) is 30.3 Å². The number of aliphatic hydroxyl groups is 5. The maximum Gasteiger partial charge on any atom is 0.220 e. The van der Waals surface area contributed by atoms with Crippen molar-refractivity contribution in [3.8, 4) is 0 Å². The molecule has 0 aromatic rings. The van der Waals surface area contributed by atoms with E-state index in [0.717, 1.165) is 64.2 Å². The van der Waals surface area contributed by atoms with Crippen molar-refractivity contribution >= 4 is 5.91 Å². The zero-order valence-electron chi connectivity index (χ0n) is 59.7. The number of nitrogens with one attached hydrogen (secondary N) is 1. The summed E-state index contributed by atoms with van der Waals surface area (Å²) in [6.07, 6.45) is 89.4. The van der Waals surface area contributed by atoms with Crippen molar-refractivity contribution in [3.63, 3.8) is 0 Å². The van der Waals surface area contributed by atoms with Crippen molar-refractivity contribution < 1.29 is 39.8 Å². The third kappa shape index (κ3) is 57.6. The maximum absolute atomic E-state index is 13.2. The summed E-state index contributed by atoms with van der Waals surface area (Å²) >= 11 is 0. The number of unbranched alkanes of at least 4 members (excludes halogenated alkanes) is 53. The van der Waals surface area contributed by atoms with E-state index in [1.54, 1.807) is 0 Å². The van der Waals surface area contributed by atoms with E-state index in [2.05, 4.69) is 67.8 Å². The molecule has 9 nitrogen and oxygen atoms in total. The van der Waals surface area contributed by atoms with Gasteiger partial charge in [0.05, 0.1) is 25.4 Å². The predicted molar refractivity (Wildman–Crippen MR) is 387 cm³/mol. The molecule has 7 unspecified atom stereocenters. The summed E-state index contributed by atoms with van der Waals surface area (Å²) in [5, 5.41) is 55.1. The van der Waals surface area contributed by atoms with Crippen molar-refractivity contribution in [2.45, 2.75) is 448 Å². The Labute approximate surface area is 558 Å². The largest absolute Gasteiger partial charge is 0.394 e.